The summed E-state index contributed by atoms with van der Waals surface area (Å²) in [4.78, 5) is 16.3. The van der Waals surface area contributed by atoms with Gasteiger partial charge in [-0.15, -0.1) is 11.3 Å². The van der Waals surface area contributed by atoms with Crippen molar-refractivity contribution in [2.45, 2.75) is 40.2 Å². The first kappa shape index (κ1) is 14.1. The highest BCUT2D eigenvalue weighted by Gasteiger charge is 2.26. The van der Waals surface area contributed by atoms with Gasteiger partial charge in [0.15, 0.2) is 5.13 Å². The lowest BCUT2D eigenvalue weighted by atomic mass is 9.89. The summed E-state index contributed by atoms with van der Waals surface area (Å²) in [5, 5.41) is 8.64. The minimum Gasteiger partial charge on any atom is -0.312 e. The molecule has 0 fully saturated rings. The lowest BCUT2D eigenvalue weighted by Gasteiger charge is -2.20. The van der Waals surface area contributed by atoms with Crippen LogP contribution in [0.5, 0.6) is 0 Å². The van der Waals surface area contributed by atoms with E-state index in [1.54, 1.807) is 0 Å². The second kappa shape index (κ2) is 5.60. The number of aromatic nitrogens is 1. The summed E-state index contributed by atoms with van der Waals surface area (Å²) < 4.78 is 0. The number of nitrogens with one attached hydrogen (secondary N) is 2. The molecule has 96 valence electrons. The smallest absolute Gasteiger partial charge is 0.231 e. The fourth-order valence-corrected chi connectivity index (χ4v) is 1.92. The van der Waals surface area contributed by atoms with Gasteiger partial charge in [-0.05, 0) is 20.4 Å². The van der Waals surface area contributed by atoms with Crippen LogP contribution in [0.3, 0.4) is 0 Å². The molecule has 2 N–H and O–H groups in total. The molecule has 0 aliphatic heterocycles. The van der Waals surface area contributed by atoms with Gasteiger partial charge < -0.3 is 10.6 Å². The summed E-state index contributed by atoms with van der Waals surface area (Å²) in [6.07, 6.45) is 0.810. The van der Waals surface area contributed by atoms with Gasteiger partial charge in [0.25, 0.3) is 0 Å². The molecule has 0 bridgehead atoms. The maximum Gasteiger partial charge on any atom is 0.231 e. The van der Waals surface area contributed by atoms with Crippen molar-refractivity contribution in [2.24, 2.45) is 5.41 Å². The van der Waals surface area contributed by atoms with Crippen LogP contribution in [-0.2, 0) is 4.79 Å². The topological polar surface area (TPSA) is 54.0 Å². The van der Waals surface area contributed by atoms with Gasteiger partial charge in [-0.2, -0.15) is 0 Å². The molecule has 1 atom stereocenters. The van der Waals surface area contributed by atoms with Crippen molar-refractivity contribution in [1.82, 2.24) is 10.3 Å². The molecule has 0 aromatic carbocycles. The fourth-order valence-electron chi connectivity index (χ4n) is 1.12. The third-order valence-electron chi connectivity index (χ3n) is 3.12. The van der Waals surface area contributed by atoms with Crippen LogP contribution in [0.15, 0.2) is 5.38 Å². The van der Waals surface area contributed by atoms with E-state index >= 15 is 0 Å². The number of carbonyl (C=O) groups is 1. The SMILES string of the molecule is CCC(C)(C)C(=O)Nc1nc(C(C)NC)cs1. The third-order valence-corrected chi connectivity index (χ3v) is 3.89. The molecule has 0 spiro atoms. The Labute approximate surface area is 107 Å². The molecule has 5 heteroatoms. The van der Waals surface area contributed by atoms with Gasteiger partial charge in [-0.25, -0.2) is 4.98 Å². The Hall–Kier alpha value is -0.940. The van der Waals surface area contributed by atoms with Crippen LogP contribution >= 0.6 is 11.3 Å². The quantitative estimate of drug-likeness (QED) is 0.850. The van der Waals surface area contributed by atoms with Gasteiger partial charge in [-0.3, -0.25) is 4.79 Å². The molecule has 1 aromatic rings. The minimum atomic E-state index is -0.347. The van der Waals surface area contributed by atoms with E-state index in [2.05, 4.69) is 15.6 Å². The van der Waals surface area contributed by atoms with Crippen LogP contribution in [0.4, 0.5) is 5.13 Å². The molecular formula is C12H21N3OS. The Balaban J connectivity index is 2.70. The number of carbonyl (C=O) groups excluding carboxylic acids is 1. The van der Waals surface area contributed by atoms with Gasteiger partial charge >= 0.3 is 0 Å². The van der Waals surface area contributed by atoms with Crippen LogP contribution in [0, 0.1) is 5.41 Å². The van der Waals surface area contributed by atoms with Crippen LogP contribution in [0.2, 0.25) is 0 Å². The molecule has 1 heterocycles. The first-order valence-electron chi connectivity index (χ1n) is 5.85. The van der Waals surface area contributed by atoms with Gasteiger partial charge in [-0.1, -0.05) is 20.8 Å². The van der Waals surface area contributed by atoms with Crippen molar-refractivity contribution in [3.05, 3.63) is 11.1 Å². The molecule has 0 saturated carbocycles. The van der Waals surface area contributed by atoms with Crippen molar-refractivity contribution in [2.75, 3.05) is 12.4 Å². The van der Waals surface area contributed by atoms with Crippen molar-refractivity contribution in [3.8, 4) is 0 Å². The first-order chi connectivity index (χ1) is 7.90. The zero-order valence-corrected chi connectivity index (χ0v) is 11.9. The molecule has 4 nitrogen and oxygen atoms in total. The number of thiazole rings is 1. The Morgan fingerprint density at radius 3 is 2.76 bits per heavy atom. The van der Waals surface area contributed by atoms with Crippen molar-refractivity contribution < 1.29 is 4.79 Å². The average Bonchev–Trinajstić information content (AvgIpc) is 2.76. The molecule has 0 aliphatic carbocycles. The summed E-state index contributed by atoms with van der Waals surface area (Å²) >= 11 is 1.47. The molecule has 1 unspecified atom stereocenters. The summed E-state index contributed by atoms with van der Waals surface area (Å²) in [5.41, 5.74) is 0.614. The van der Waals surface area contributed by atoms with E-state index in [9.17, 15) is 4.79 Å². The van der Waals surface area contributed by atoms with E-state index in [4.69, 9.17) is 0 Å². The number of hydrogen-bond acceptors (Lipinski definition) is 4. The van der Waals surface area contributed by atoms with Gasteiger partial charge in [0.1, 0.15) is 0 Å². The molecule has 0 aliphatic rings. The van der Waals surface area contributed by atoms with E-state index in [0.717, 1.165) is 12.1 Å². The first-order valence-corrected chi connectivity index (χ1v) is 6.72. The fraction of sp³-hybridized carbons (Fsp3) is 0.667. The van der Waals surface area contributed by atoms with Crippen molar-refractivity contribution in [1.29, 1.82) is 0 Å². The maximum atomic E-state index is 12.0. The molecule has 1 amide bonds. The monoisotopic (exact) mass is 255 g/mol. The van der Waals surface area contributed by atoms with Gasteiger partial charge in [0, 0.05) is 16.8 Å². The summed E-state index contributed by atoms with van der Waals surface area (Å²) in [7, 11) is 1.89. The van der Waals surface area contributed by atoms with Crippen LogP contribution in [0.25, 0.3) is 0 Å². The van der Waals surface area contributed by atoms with E-state index in [1.807, 2.05) is 40.1 Å². The second-order valence-corrected chi connectivity index (χ2v) is 5.64. The maximum absolute atomic E-state index is 12.0. The number of nitrogens with zero attached hydrogens (tertiary/aromatic N) is 1. The highest BCUT2D eigenvalue weighted by Crippen LogP contribution is 2.25. The molecular weight excluding hydrogens is 234 g/mol. The Morgan fingerprint density at radius 2 is 2.24 bits per heavy atom. The number of rotatable bonds is 5. The zero-order chi connectivity index (χ0) is 13.1. The van der Waals surface area contributed by atoms with E-state index < -0.39 is 0 Å². The highest BCUT2D eigenvalue weighted by atomic mass is 32.1. The molecule has 1 aromatic heterocycles. The van der Waals surface area contributed by atoms with Gasteiger partial charge in [0.05, 0.1) is 5.69 Å². The molecule has 17 heavy (non-hydrogen) atoms. The van der Waals surface area contributed by atoms with E-state index in [0.29, 0.717) is 5.13 Å². The number of anilines is 1. The lowest BCUT2D eigenvalue weighted by Crippen LogP contribution is -2.30. The van der Waals surface area contributed by atoms with Crippen molar-refractivity contribution >= 4 is 22.4 Å². The summed E-state index contributed by atoms with van der Waals surface area (Å²) in [5.74, 6) is 0.0259. The predicted molar refractivity (Wildman–Crippen MR) is 72.3 cm³/mol. The van der Waals surface area contributed by atoms with Crippen molar-refractivity contribution in [3.63, 3.8) is 0 Å². The van der Waals surface area contributed by atoms with E-state index in [-0.39, 0.29) is 17.4 Å². The lowest BCUT2D eigenvalue weighted by molar-refractivity contribution is -0.124. The predicted octanol–water partition coefficient (Wildman–Crippen LogP) is 2.80. The standard InChI is InChI=1S/C12H21N3OS/c1-6-12(3,4)10(16)15-11-14-9(7-17-11)8(2)13-5/h7-8,13H,6H2,1-5H3,(H,14,15,16). The minimum absolute atomic E-state index is 0.0259. The van der Waals surface area contributed by atoms with Crippen LogP contribution < -0.4 is 10.6 Å². The second-order valence-electron chi connectivity index (χ2n) is 4.78. The van der Waals surface area contributed by atoms with Gasteiger partial charge in [0.2, 0.25) is 5.91 Å². The Bertz CT molecular complexity index is 387. The molecule has 1 rings (SSSR count). The Morgan fingerprint density at radius 1 is 1.59 bits per heavy atom. The average molecular weight is 255 g/mol. The number of hydrogen-bond donors (Lipinski definition) is 2. The third kappa shape index (κ3) is 3.51. The highest BCUT2D eigenvalue weighted by molar-refractivity contribution is 7.13. The Kier molecular flexibility index (Phi) is 4.65. The molecule has 0 saturated heterocycles. The van der Waals surface area contributed by atoms with Crippen LogP contribution in [-0.4, -0.2) is 17.9 Å². The van der Waals surface area contributed by atoms with E-state index in [1.165, 1.54) is 11.3 Å². The summed E-state index contributed by atoms with van der Waals surface area (Å²) in [6.45, 7) is 7.92. The molecule has 0 radical (unpaired) electrons. The summed E-state index contributed by atoms with van der Waals surface area (Å²) in [6, 6.07) is 0.205. The largest absolute Gasteiger partial charge is 0.312 e. The normalized spacial score (nSPS) is 13.5. The number of amides is 1. The zero-order valence-electron chi connectivity index (χ0n) is 11.1. The van der Waals surface area contributed by atoms with Crippen LogP contribution in [0.1, 0.15) is 45.9 Å².